The Morgan fingerprint density at radius 3 is 2.64 bits per heavy atom. The van der Waals surface area contributed by atoms with Gasteiger partial charge in [0.1, 0.15) is 22.9 Å². The fraction of sp³-hybridized carbons (Fsp3) is 0.353. The molecule has 25 heavy (non-hydrogen) atoms. The van der Waals surface area contributed by atoms with Crippen LogP contribution in [0.15, 0.2) is 29.6 Å². The molecule has 0 atom stereocenters. The Labute approximate surface area is 153 Å². The molecule has 2 aromatic rings. The van der Waals surface area contributed by atoms with Gasteiger partial charge in [-0.3, -0.25) is 4.79 Å². The van der Waals surface area contributed by atoms with Crippen LogP contribution in [0.25, 0.3) is 0 Å². The van der Waals surface area contributed by atoms with E-state index in [1.54, 1.807) is 29.6 Å². The molecule has 1 aliphatic carbocycles. The molecule has 0 aliphatic heterocycles. The Kier molecular flexibility index (Phi) is 5.24. The van der Waals surface area contributed by atoms with Crippen LogP contribution in [-0.4, -0.2) is 27.5 Å². The lowest BCUT2D eigenvalue weighted by atomic mass is 9.76. The molecule has 8 heteroatoms. The zero-order valence-corrected chi connectivity index (χ0v) is 14.9. The molecule has 0 spiro atoms. The summed E-state index contributed by atoms with van der Waals surface area (Å²) < 4.78 is 5.61. The molecular weight excluding hydrogens is 364 g/mol. The predicted molar refractivity (Wildman–Crippen MR) is 94.0 cm³/mol. The van der Waals surface area contributed by atoms with Gasteiger partial charge in [-0.25, -0.2) is 9.78 Å². The lowest BCUT2D eigenvalue weighted by molar-refractivity contribution is -0.151. The molecule has 1 fully saturated rings. The summed E-state index contributed by atoms with van der Waals surface area (Å²) in [7, 11) is 0. The minimum atomic E-state index is -1.09. The van der Waals surface area contributed by atoms with Gasteiger partial charge in [0.15, 0.2) is 0 Å². The van der Waals surface area contributed by atoms with Crippen LogP contribution in [0, 0.1) is 0 Å². The summed E-state index contributed by atoms with van der Waals surface area (Å²) in [5.74, 6) is -0.604. The largest absolute Gasteiger partial charge is 0.486 e. The number of hydrogen-bond donors (Lipinski definition) is 2. The Hall–Kier alpha value is -2.12. The number of rotatable bonds is 7. The monoisotopic (exact) mass is 380 g/mol. The normalized spacial score (nSPS) is 15.2. The summed E-state index contributed by atoms with van der Waals surface area (Å²) in [4.78, 5) is 27.7. The zero-order valence-electron chi connectivity index (χ0n) is 13.3. The molecule has 1 aromatic heterocycles. The maximum atomic E-state index is 12.1. The van der Waals surface area contributed by atoms with Crippen molar-refractivity contribution in [1.29, 1.82) is 0 Å². The molecular formula is C17H17ClN2O4S. The van der Waals surface area contributed by atoms with Gasteiger partial charge in [0, 0.05) is 10.4 Å². The fourth-order valence-corrected chi connectivity index (χ4v) is 3.40. The standard InChI is InChI=1S/C17H17ClN2O4S/c18-11-2-4-13(5-3-11)24-9-15-19-12(10-25-15)8-14(21)20-17(16(22)23)6-1-7-17/h2-5,10H,1,6-9H2,(H,20,21)(H,22,23). The first kappa shape index (κ1) is 17.7. The van der Waals surface area contributed by atoms with Gasteiger partial charge in [-0.15, -0.1) is 11.3 Å². The van der Waals surface area contributed by atoms with E-state index in [0.717, 1.165) is 11.4 Å². The summed E-state index contributed by atoms with van der Waals surface area (Å²) >= 11 is 7.22. The minimum absolute atomic E-state index is 0.0620. The topological polar surface area (TPSA) is 88.5 Å². The zero-order chi connectivity index (χ0) is 17.9. The number of ether oxygens (including phenoxy) is 1. The van der Waals surface area contributed by atoms with Crippen molar-refractivity contribution in [3.8, 4) is 5.75 Å². The molecule has 1 saturated carbocycles. The molecule has 0 unspecified atom stereocenters. The van der Waals surface area contributed by atoms with Crippen molar-refractivity contribution in [3.05, 3.63) is 45.4 Å². The number of carboxylic acids is 1. The van der Waals surface area contributed by atoms with Crippen molar-refractivity contribution in [3.63, 3.8) is 0 Å². The van der Waals surface area contributed by atoms with Gasteiger partial charge in [0.2, 0.25) is 5.91 Å². The maximum Gasteiger partial charge on any atom is 0.329 e. The number of carboxylic acid groups (broad SMARTS) is 1. The van der Waals surface area contributed by atoms with Gasteiger partial charge in [-0.05, 0) is 43.5 Å². The van der Waals surface area contributed by atoms with Crippen LogP contribution in [0.5, 0.6) is 5.75 Å². The SMILES string of the molecule is O=C(Cc1csc(COc2ccc(Cl)cc2)n1)NC1(C(=O)O)CCC1. The van der Waals surface area contributed by atoms with Crippen LogP contribution in [0.1, 0.15) is 30.0 Å². The second-order valence-corrected chi connectivity index (χ2v) is 7.32. The first-order chi connectivity index (χ1) is 12.0. The molecule has 0 radical (unpaired) electrons. The van der Waals surface area contributed by atoms with E-state index in [9.17, 15) is 14.7 Å². The predicted octanol–water partition coefficient (Wildman–Crippen LogP) is 3.04. The van der Waals surface area contributed by atoms with Crippen LogP contribution >= 0.6 is 22.9 Å². The number of carbonyl (C=O) groups excluding carboxylic acids is 1. The van der Waals surface area contributed by atoms with Crippen molar-refractivity contribution in [2.45, 2.75) is 37.8 Å². The highest BCUT2D eigenvalue weighted by atomic mass is 35.5. The number of thiazole rings is 1. The summed E-state index contributed by atoms with van der Waals surface area (Å²) in [6.45, 7) is 0.299. The molecule has 3 rings (SSSR count). The van der Waals surface area contributed by atoms with E-state index in [-0.39, 0.29) is 12.3 Å². The Bertz CT molecular complexity index is 771. The molecule has 132 valence electrons. The molecule has 2 N–H and O–H groups in total. The Morgan fingerprint density at radius 1 is 1.32 bits per heavy atom. The molecule has 0 bridgehead atoms. The maximum absolute atomic E-state index is 12.1. The molecule has 6 nitrogen and oxygen atoms in total. The molecule has 1 aliphatic rings. The highest BCUT2D eigenvalue weighted by Crippen LogP contribution is 2.32. The van der Waals surface area contributed by atoms with Crippen molar-refractivity contribution >= 4 is 34.8 Å². The second-order valence-electron chi connectivity index (χ2n) is 5.94. The van der Waals surface area contributed by atoms with Crippen LogP contribution in [0.2, 0.25) is 5.02 Å². The van der Waals surface area contributed by atoms with Crippen LogP contribution in [0.4, 0.5) is 0 Å². The third-order valence-electron chi connectivity index (χ3n) is 4.11. The van der Waals surface area contributed by atoms with Crippen molar-refractivity contribution < 1.29 is 19.4 Å². The van der Waals surface area contributed by atoms with Gasteiger partial charge in [-0.2, -0.15) is 0 Å². The second kappa shape index (κ2) is 7.41. The van der Waals surface area contributed by atoms with Gasteiger partial charge in [0.25, 0.3) is 0 Å². The fourth-order valence-electron chi connectivity index (χ4n) is 2.57. The smallest absolute Gasteiger partial charge is 0.329 e. The number of amides is 1. The van der Waals surface area contributed by atoms with E-state index in [4.69, 9.17) is 16.3 Å². The Morgan fingerprint density at radius 2 is 2.04 bits per heavy atom. The first-order valence-corrected chi connectivity index (χ1v) is 9.09. The molecule has 1 amide bonds. The van der Waals surface area contributed by atoms with E-state index in [2.05, 4.69) is 10.3 Å². The number of benzene rings is 1. The quantitative estimate of drug-likeness (QED) is 0.770. The van der Waals surface area contributed by atoms with E-state index < -0.39 is 11.5 Å². The number of aliphatic carboxylic acids is 1. The van der Waals surface area contributed by atoms with Gasteiger partial charge < -0.3 is 15.2 Å². The van der Waals surface area contributed by atoms with Crippen LogP contribution < -0.4 is 10.1 Å². The first-order valence-electron chi connectivity index (χ1n) is 7.83. The number of hydrogen-bond acceptors (Lipinski definition) is 5. The van der Waals surface area contributed by atoms with E-state index in [1.807, 2.05) is 0 Å². The lowest BCUT2D eigenvalue weighted by Gasteiger charge is -2.38. The summed E-state index contributed by atoms with van der Waals surface area (Å²) in [6, 6.07) is 7.03. The molecule has 1 heterocycles. The minimum Gasteiger partial charge on any atom is -0.486 e. The highest BCUT2D eigenvalue weighted by molar-refractivity contribution is 7.09. The molecule has 1 aromatic carbocycles. The molecule has 0 saturated heterocycles. The number of halogens is 1. The average molecular weight is 381 g/mol. The number of carbonyl (C=O) groups is 2. The summed E-state index contributed by atoms with van der Waals surface area (Å²) in [5, 5.41) is 15.0. The van der Waals surface area contributed by atoms with Crippen molar-refractivity contribution in [2.24, 2.45) is 0 Å². The van der Waals surface area contributed by atoms with Gasteiger partial charge >= 0.3 is 5.97 Å². The Balaban J connectivity index is 1.52. The number of nitrogens with zero attached hydrogens (tertiary/aromatic N) is 1. The van der Waals surface area contributed by atoms with Crippen molar-refractivity contribution in [2.75, 3.05) is 0 Å². The van der Waals surface area contributed by atoms with E-state index in [0.29, 0.717) is 35.9 Å². The highest BCUT2D eigenvalue weighted by Gasteiger charge is 2.45. The van der Waals surface area contributed by atoms with Crippen LogP contribution in [-0.2, 0) is 22.6 Å². The van der Waals surface area contributed by atoms with E-state index in [1.165, 1.54) is 11.3 Å². The third kappa shape index (κ3) is 4.29. The van der Waals surface area contributed by atoms with E-state index >= 15 is 0 Å². The lowest BCUT2D eigenvalue weighted by Crippen LogP contribution is -2.59. The number of nitrogens with one attached hydrogen (secondary N) is 1. The average Bonchev–Trinajstić information content (AvgIpc) is 2.97. The number of aromatic nitrogens is 1. The third-order valence-corrected chi connectivity index (χ3v) is 5.24. The van der Waals surface area contributed by atoms with Crippen LogP contribution in [0.3, 0.4) is 0 Å². The summed E-state index contributed by atoms with van der Waals surface area (Å²) in [5.41, 5.74) is -0.481. The van der Waals surface area contributed by atoms with Crippen molar-refractivity contribution in [1.82, 2.24) is 10.3 Å². The van der Waals surface area contributed by atoms with Gasteiger partial charge in [-0.1, -0.05) is 11.6 Å². The summed E-state index contributed by atoms with van der Waals surface area (Å²) in [6.07, 6.45) is 1.83. The van der Waals surface area contributed by atoms with Gasteiger partial charge in [0.05, 0.1) is 12.1 Å².